The van der Waals surface area contributed by atoms with Crippen molar-refractivity contribution in [3.8, 4) is 17.5 Å². The standard InChI is InChI=1S/C20H20ClF2N5O5S/c1-20(4-6-34(30,31)7-5-20)28-18(29)17-25-12-2-3-15(26-16(12)27-17)33-19-13(32-10-14(22)23)8-11(21)9-24-19/h2-3,8-9,14H,4-7,10H2,1H3,(H,28,29)(H,25,26,27). The summed E-state index contributed by atoms with van der Waals surface area (Å²) in [5, 5.41) is 3.02. The van der Waals surface area contributed by atoms with Crippen molar-refractivity contribution in [1.29, 1.82) is 0 Å². The lowest BCUT2D eigenvalue weighted by Crippen LogP contribution is -2.51. The number of amides is 1. The molecule has 0 atom stereocenters. The number of fused-ring (bicyclic) bond motifs is 1. The number of nitrogens with zero attached hydrogens (tertiary/aromatic N) is 3. The van der Waals surface area contributed by atoms with Crippen molar-refractivity contribution in [2.75, 3.05) is 18.1 Å². The summed E-state index contributed by atoms with van der Waals surface area (Å²) in [5.41, 5.74) is -0.0482. The van der Waals surface area contributed by atoms with Crippen LogP contribution in [0.2, 0.25) is 5.02 Å². The molecule has 14 heteroatoms. The molecule has 34 heavy (non-hydrogen) atoms. The number of alkyl halides is 2. The van der Waals surface area contributed by atoms with E-state index in [1.807, 2.05) is 0 Å². The fourth-order valence-corrected chi connectivity index (χ4v) is 5.20. The number of aromatic nitrogens is 4. The smallest absolute Gasteiger partial charge is 0.287 e. The number of pyridine rings is 2. The molecule has 182 valence electrons. The van der Waals surface area contributed by atoms with Gasteiger partial charge in [0.2, 0.25) is 5.88 Å². The van der Waals surface area contributed by atoms with E-state index in [0.717, 1.165) is 0 Å². The first kappa shape index (κ1) is 24.1. The second-order valence-corrected chi connectivity index (χ2v) is 10.8. The third kappa shape index (κ3) is 5.70. The number of halogens is 3. The molecule has 0 aliphatic carbocycles. The van der Waals surface area contributed by atoms with Gasteiger partial charge >= 0.3 is 0 Å². The highest BCUT2D eigenvalue weighted by molar-refractivity contribution is 7.91. The molecule has 0 saturated carbocycles. The summed E-state index contributed by atoms with van der Waals surface area (Å²) in [5.74, 6) is -0.650. The Bertz CT molecular complexity index is 1320. The van der Waals surface area contributed by atoms with E-state index in [-0.39, 0.29) is 45.5 Å². The zero-order valence-corrected chi connectivity index (χ0v) is 19.4. The molecule has 4 heterocycles. The number of carbonyl (C=O) groups is 1. The zero-order valence-electron chi connectivity index (χ0n) is 17.8. The monoisotopic (exact) mass is 515 g/mol. The molecule has 0 radical (unpaired) electrons. The first-order chi connectivity index (χ1) is 16.0. The highest BCUT2D eigenvalue weighted by Gasteiger charge is 2.35. The van der Waals surface area contributed by atoms with E-state index in [9.17, 15) is 22.0 Å². The maximum absolute atomic E-state index is 12.7. The van der Waals surface area contributed by atoms with Crippen molar-refractivity contribution in [3.05, 3.63) is 35.2 Å². The van der Waals surface area contributed by atoms with Crippen molar-refractivity contribution in [3.63, 3.8) is 0 Å². The van der Waals surface area contributed by atoms with Crippen LogP contribution in [-0.2, 0) is 9.84 Å². The summed E-state index contributed by atoms with van der Waals surface area (Å²) in [4.78, 5) is 27.9. The van der Waals surface area contributed by atoms with Gasteiger partial charge < -0.3 is 19.8 Å². The van der Waals surface area contributed by atoms with Crippen LogP contribution in [0.1, 0.15) is 30.4 Å². The lowest BCUT2D eigenvalue weighted by Gasteiger charge is -2.33. The van der Waals surface area contributed by atoms with Gasteiger partial charge in [0.05, 0.1) is 22.0 Å². The topological polar surface area (TPSA) is 136 Å². The number of H-pyrrole nitrogens is 1. The van der Waals surface area contributed by atoms with E-state index in [2.05, 4.69) is 25.3 Å². The van der Waals surface area contributed by atoms with Gasteiger partial charge in [0.25, 0.3) is 18.2 Å². The van der Waals surface area contributed by atoms with Gasteiger partial charge in [-0.15, -0.1) is 0 Å². The summed E-state index contributed by atoms with van der Waals surface area (Å²) in [6.07, 6.45) is -0.822. The van der Waals surface area contributed by atoms with E-state index < -0.39 is 34.3 Å². The van der Waals surface area contributed by atoms with Crippen molar-refractivity contribution in [2.45, 2.75) is 31.7 Å². The maximum atomic E-state index is 12.7. The van der Waals surface area contributed by atoms with Gasteiger partial charge in [0.1, 0.15) is 16.4 Å². The van der Waals surface area contributed by atoms with Crippen LogP contribution in [0.3, 0.4) is 0 Å². The molecular weight excluding hydrogens is 496 g/mol. The van der Waals surface area contributed by atoms with Crippen LogP contribution in [-0.4, -0.2) is 64.3 Å². The number of hydrogen-bond acceptors (Lipinski definition) is 8. The predicted molar refractivity (Wildman–Crippen MR) is 118 cm³/mol. The third-order valence-electron chi connectivity index (χ3n) is 5.23. The number of carbonyl (C=O) groups excluding carboxylic acids is 1. The van der Waals surface area contributed by atoms with Crippen LogP contribution in [0.15, 0.2) is 24.4 Å². The first-order valence-electron chi connectivity index (χ1n) is 10.2. The summed E-state index contributed by atoms with van der Waals surface area (Å²) in [6.45, 7) is 0.923. The number of aromatic amines is 1. The Morgan fingerprint density at radius 3 is 2.74 bits per heavy atom. The van der Waals surface area contributed by atoms with Gasteiger partial charge in [-0.2, -0.15) is 4.98 Å². The summed E-state index contributed by atoms with van der Waals surface area (Å²) in [7, 11) is -3.08. The number of imidazole rings is 1. The summed E-state index contributed by atoms with van der Waals surface area (Å²) >= 11 is 5.86. The normalized spacial score (nSPS) is 17.0. The Hall–Kier alpha value is -3.06. The Kier molecular flexibility index (Phi) is 6.58. The van der Waals surface area contributed by atoms with Crippen molar-refractivity contribution in [2.24, 2.45) is 0 Å². The van der Waals surface area contributed by atoms with Crippen LogP contribution in [0.4, 0.5) is 8.78 Å². The van der Waals surface area contributed by atoms with Gasteiger partial charge in [-0.3, -0.25) is 4.79 Å². The fraction of sp³-hybridized carbons (Fsp3) is 0.400. The lowest BCUT2D eigenvalue weighted by atomic mass is 9.95. The summed E-state index contributed by atoms with van der Waals surface area (Å²) in [6, 6.07) is 4.34. The van der Waals surface area contributed by atoms with Gasteiger partial charge in [-0.25, -0.2) is 27.2 Å². The molecule has 1 aliphatic rings. The average molecular weight is 516 g/mol. The third-order valence-corrected chi connectivity index (χ3v) is 7.09. The van der Waals surface area contributed by atoms with Gasteiger partial charge in [0.15, 0.2) is 17.2 Å². The number of nitrogens with one attached hydrogen (secondary N) is 2. The highest BCUT2D eigenvalue weighted by Crippen LogP contribution is 2.31. The number of sulfone groups is 1. The molecule has 1 saturated heterocycles. The quantitative estimate of drug-likeness (QED) is 0.489. The van der Waals surface area contributed by atoms with Crippen molar-refractivity contribution < 1.29 is 31.5 Å². The van der Waals surface area contributed by atoms with Gasteiger partial charge in [-0.1, -0.05) is 11.6 Å². The Morgan fingerprint density at radius 2 is 2.03 bits per heavy atom. The molecule has 10 nitrogen and oxygen atoms in total. The number of hydrogen-bond donors (Lipinski definition) is 2. The Labute approximate surface area is 198 Å². The molecule has 4 rings (SSSR count). The van der Waals surface area contributed by atoms with E-state index in [0.29, 0.717) is 18.4 Å². The second-order valence-electron chi connectivity index (χ2n) is 8.03. The largest absolute Gasteiger partial charge is 0.482 e. The van der Waals surface area contributed by atoms with E-state index >= 15 is 0 Å². The van der Waals surface area contributed by atoms with Gasteiger partial charge in [0, 0.05) is 23.9 Å². The van der Waals surface area contributed by atoms with Crippen LogP contribution >= 0.6 is 11.6 Å². The molecule has 0 spiro atoms. The average Bonchev–Trinajstić information content (AvgIpc) is 3.20. The molecule has 2 N–H and O–H groups in total. The molecule has 1 fully saturated rings. The minimum atomic E-state index is -3.08. The van der Waals surface area contributed by atoms with Gasteiger partial charge in [-0.05, 0) is 25.8 Å². The Morgan fingerprint density at radius 1 is 1.29 bits per heavy atom. The van der Waals surface area contributed by atoms with Crippen molar-refractivity contribution in [1.82, 2.24) is 25.3 Å². The highest BCUT2D eigenvalue weighted by atomic mass is 35.5. The van der Waals surface area contributed by atoms with Crippen LogP contribution in [0.25, 0.3) is 11.2 Å². The number of ether oxygens (including phenoxy) is 2. The minimum absolute atomic E-state index is 0.000112. The molecule has 0 aromatic carbocycles. The number of rotatable bonds is 7. The maximum Gasteiger partial charge on any atom is 0.287 e. The molecule has 0 bridgehead atoms. The molecule has 3 aromatic rings. The summed E-state index contributed by atoms with van der Waals surface area (Å²) < 4.78 is 59.0. The molecule has 3 aromatic heterocycles. The minimum Gasteiger partial charge on any atom is -0.482 e. The molecule has 1 aliphatic heterocycles. The SMILES string of the molecule is CC1(NC(=O)c2nc3nc(Oc4ncc(Cl)cc4OCC(F)F)ccc3[nH]2)CCS(=O)(=O)CC1. The van der Waals surface area contributed by atoms with Crippen LogP contribution in [0, 0.1) is 0 Å². The Balaban J connectivity index is 1.50. The predicted octanol–water partition coefficient (Wildman–Crippen LogP) is 3.14. The van der Waals surface area contributed by atoms with E-state index in [1.54, 1.807) is 13.0 Å². The van der Waals surface area contributed by atoms with E-state index in [1.165, 1.54) is 18.3 Å². The van der Waals surface area contributed by atoms with Crippen LogP contribution < -0.4 is 14.8 Å². The van der Waals surface area contributed by atoms with E-state index in [4.69, 9.17) is 21.1 Å². The second kappa shape index (κ2) is 9.29. The fourth-order valence-electron chi connectivity index (χ4n) is 3.33. The first-order valence-corrected chi connectivity index (χ1v) is 12.4. The van der Waals surface area contributed by atoms with Crippen molar-refractivity contribution >= 4 is 38.5 Å². The molecule has 1 amide bonds. The molecule has 0 unspecified atom stereocenters. The zero-order chi connectivity index (χ0) is 24.5. The lowest BCUT2D eigenvalue weighted by molar-refractivity contribution is 0.0803. The molecular formula is C20H20ClF2N5O5S. The van der Waals surface area contributed by atoms with Crippen LogP contribution in [0.5, 0.6) is 17.5 Å².